The molecule has 8 heteroatoms. The number of carboxylic acid groups (broad SMARTS) is 1. The summed E-state index contributed by atoms with van der Waals surface area (Å²) in [6.07, 6.45) is 6.60. The van der Waals surface area contributed by atoms with Crippen molar-refractivity contribution in [3.05, 3.63) is 0 Å². The monoisotopic (exact) mass is 572 g/mol. The first-order chi connectivity index (χ1) is 18.3. The van der Waals surface area contributed by atoms with Crippen molar-refractivity contribution in [1.29, 1.82) is 0 Å². The average Bonchev–Trinajstić information content (AvgIpc) is 3.22. The quantitative estimate of drug-likeness (QED) is 0.262. The van der Waals surface area contributed by atoms with E-state index in [0.717, 1.165) is 51.4 Å². The van der Waals surface area contributed by atoms with Gasteiger partial charge in [-0.05, 0) is 112 Å². The fraction of sp³-hybridized carbons (Fsp3) is 0.938. The van der Waals surface area contributed by atoms with Crippen LogP contribution in [0.25, 0.3) is 0 Å². The summed E-state index contributed by atoms with van der Waals surface area (Å²) in [5.74, 6) is 0.879. The minimum atomic E-state index is -1.31. The van der Waals surface area contributed by atoms with Crippen LogP contribution in [0.1, 0.15) is 112 Å². The van der Waals surface area contributed by atoms with Crippen LogP contribution in [0.15, 0.2) is 0 Å². The molecule has 0 amide bonds. The predicted molar refractivity (Wildman–Crippen MR) is 146 cm³/mol. The Balaban J connectivity index is 0.00000441. The summed E-state index contributed by atoms with van der Waals surface area (Å²) in [7, 11) is 0. The van der Waals surface area contributed by atoms with Gasteiger partial charge in [-0.3, -0.25) is 4.79 Å². The van der Waals surface area contributed by atoms with E-state index in [0.29, 0.717) is 30.1 Å². The van der Waals surface area contributed by atoms with Gasteiger partial charge in [0.1, 0.15) is 6.10 Å². The van der Waals surface area contributed by atoms with Crippen LogP contribution in [0.2, 0.25) is 0 Å². The molecular weight excluding hydrogens is 519 g/mol. The van der Waals surface area contributed by atoms with Crippen molar-refractivity contribution in [2.45, 2.75) is 136 Å². The Morgan fingerprint density at radius 3 is 2.33 bits per heavy atom. The maximum atomic E-state index is 13.2. The third kappa shape index (κ3) is 6.65. The summed E-state index contributed by atoms with van der Waals surface area (Å²) in [6.45, 7) is 10.9. The maximum Gasteiger partial charge on any atom is 1.00 e. The van der Waals surface area contributed by atoms with Crippen LogP contribution >= 0.6 is 0 Å². The van der Waals surface area contributed by atoms with E-state index in [2.05, 4.69) is 20.8 Å². The number of carbonyl (C=O) groups excluding carboxylic acids is 2. The van der Waals surface area contributed by atoms with Crippen LogP contribution in [-0.4, -0.2) is 51.7 Å². The summed E-state index contributed by atoms with van der Waals surface area (Å²) in [6, 6.07) is 0. The number of ether oxygens (including phenoxy) is 1. The topological polar surface area (TPSA) is 127 Å². The van der Waals surface area contributed by atoms with E-state index >= 15 is 0 Å². The van der Waals surface area contributed by atoms with Crippen molar-refractivity contribution < 1.29 is 64.3 Å². The van der Waals surface area contributed by atoms with Gasteiger partial charge in [0, 0.05) is 17.8 Å². The van der Waals surface area contributed by atoms with E-state index in [1.165, 1.54) is 6.42 Å². The van der Waals surface area contributed by atoms with Gasteiger partial charge >= 0.3 is 35.5 Å². The van der Waals surface area contributed by atoms with Gasteiger partial charge in [-0.1, -0.05) is 34.6 Å². The van der Waals surface area contributed by atoms with Crippen molar-refractivity contribution in [3.8, 4) is 0 Å². The first kappa shape index (κ1) is 34.3. The number of fused-ring (bicyclic) bond motifs is 5. The number of carboxylic acids is 1. The second-order valence-corrected chi connectivity index (χ2v) is 14.4. The van der Waals surface area contributed by atoms with Gasteiger partial charge in [-0.15, -0.1) is 0 Å². The molecule has 7 nitrogen and oxygen atoms in total. The Kier molecular flexibility index (Phi) is 11.7. The van der Waals surface area contributed by atoms with E-state index in [-0.39, 0.29) is 82.7 Å². The largest absolute Gasteiger partial charge is 1.00 e. The average molecular weight is 573 g/mol. The molecular formula is C32H53NaO7. The summed E-state index contributed by atoms with van der Waals surface area (Å²) in [4.78, 5) is 24.1. The molecule has 0 unspecified atom stereocenters. The smallest absolute Gasteiger partial charge is 0.550 e. The number of esters is 1. The van der Waals surface area contributed by atoms with Gasteiger partial charge in [-0.2, -0.15) is 0 Å². The van der Waals surface area contributed by atoms with Crippen molar-refractivity contribution in [3.63, 3.8) is 0 Å². The van der Waals surface area contributed by atoms with Crippen LogP contribution in [-0.2, 0) is 14.3 Å². The summed E-state index contributed by atoms with van der Waals surface area (Å²) in [5.41, 5.74) is -0.0239. The molecule has 0 spiro atoms. The third-order valence-corrected chi connectivity index (χ3v) is 12.3. The van der Waals surface area contributed by atoms with Crippen molar-refractivity contribution >= 4 is 11.9 Å². The molecule has 0 aliphatic heterocycles. The fourth-order valence-corrected chi connectivity index (χ4v) is 10.0. The SMILES string of the molecule is CC[C@H](C)C(=O)O[C@H]1C[C@H]2[C@@H](CC[C@@H]3C[C@H](O)CC[C@@]32C)[C@@H]2CC[C@H]([C@H](C)C[C@H](O)C[C@H](O)CC(=O)[O-])[C@@]12C.[Na+]. The molecule has 0 saturated heterocycles. The number of aliphatic hydroxyl groups is 3. The number of aliphatic carboxylic acids is 1. The third-order valence-electron chi connectivity index (χ3n) is 12.3. The normalized spacial score (nSPS) is 41.8. The van der Waals surface area contributed by atoms with Gasteiger partial charge in [0.25, 0.3) is 0 Å². The van der Waals surface area contributed by atoms with Gasteiger partial charge in [0.05, 0.1) is 24.2 Å². The molecule has 4 rings (SSSR count). The molecule has 13 atom stereocenters. The van der Waals surface area contributed by atoms with Crippen LogP contribution in [0.5, 0.6) is 0 Å². The van der Waals surface area contributed by atoms with Crippen LogP contribution in [0.4, 0.5) is 0 Å². The van der Waals surface area contributed by atoms with Crippen LogP contribution in [0.3, 0.4) is 0 Å². The van der Waals surface area contributed by atoms with Gasteiger partial charge in [-0.25, -0.2) is 0 Å². The standard InChI is InChI=1S/C32H54O7.Na/c1-6-18(2)30(38)39-28-17-27-24(8-7-20-14-21(33)11-12-31(20,27)4)26-10-9-25(32(26,28)5)19(3)13-22(34)15-23(35)16-29(36)37;/h18-28,33-35H,6-17H2,1-5H3,(H,36,37);/q;+1/p-1/t18-,19+,20+,21+,22-,23-,24-,25+,26-,27-,28-,31-,32+;/m0./s1. The fourth-order valence-electron chi connectivity index (χ4n) is 10.0. The summed E-state index contributed by atoms with van der Waals surface area (Å²) in [5, 5.41) is 42.1. The Morgan fingerprint density at radius 2 is 1.68 bits per heavy atom. The minimum Gasteiger partial charge on any atom is -0.550 e. The molecule has 0 radical (unpaired) electrons. The molecule has 0 aromatic carbocycles. The Morgan fingerprint density at radius 1 is 0.975 bits per heavy atom. The summed E-state index contributed by atoms with van der Waals surface area (Å²) >= 11 is 0. The minimum absolute atomic E-state index is 0. The van der Waals surface area contributed by atoms with Crippen molar-refractivity contribution in [2.75, 3.05) is 0 Å². The molecule has 224 valence electrons. The van der Waals surface area contributed by atoms with E-state index in [4.69, 9.17) is 4.74 Å². The number of hydrogen-bond donors (Lipinski definition) is 3. The molecule has 0 aromatic rings. The van der Waals surface area contributed by atoms with E-state index in [1.54, 1.807) is 0 Å². The molecule has 0 heterocycles. The maximum absolute atomic E-state index is 13.2. The molecule has 4 aliphatic carbocycles. The molecule has 4 saturated carbocycles. The molecule has 0 aromatic heterocycles. The number of aliphatic hydroxyl groups excluding tert-OH is 3. The first-order valence-electron chi connectivity index (χ1n) is 15.8. The second-order valence-electron chi connectivity index (χ2n) is 14.4. The molecule has 4 aliphatic rings. The first-order valence-corrected chi connectivity index (χ1v) is 15.8. The molecule has 40 heavy (non-hydrogen) atoms. The van der Waals surface area contributed by atoms with Crippen LogP contribution < -0.4 is 34.7 Å². The Bertz CT molecular complexity index is 883. The molecule has 4 fully saturated rings. The zero-order chi connectivity index (χ0) is 28.7. The Hall–Kier alpha value is -0.180. The molecule has 3 N–H and O–H groups in total. The number of rotatable bonds is 10. The van der Waals surface area contributed by atoms with Gasteiger partial charge in [0.15, 0.2) is 0 Å². The second kappa shape index (κ2) is 13.6. The molecule has 0 bridgehead atoms. The Labute approximate surface area is 263 Å². The zero-order valence-corrected chi connectivity index (χ0v) is 27.8. The summed E-state index contributed by atoms with van der Waals surface area (Å²) < 4.78 is 6.49. The van der Waals surface area contributed by atoms with Crippen LogP contribution in [0, 0.1) is 52.3 Å². The zero-order valence-electron chi connectivity index (χ0n) is 25.8. The van der Waals surface area contributed by atoms with Gasteiger partial charge < -0.3 is 30.0 Å². The van der Waals surface area contributed by atoms with Crippen molar-refractivity contribution in [1.82, 2.24) is 0 Å². The number of carbonyl (C=O) groups is 2. The van der Waals surface area contributed by atoms with Gasteiger partial charge in [0.2, 0.25) is 0 Å². The van der Waals surface area contributed by atoms with E-state index < -0.39 is 24.6 Å². The number of hydrogen-bond acceptors (Lipinski definition) is 7. The predicted octanol–water partition coefficient (Wildman–Crippen LogP) is 0.856. The van der Waals surface area contributed by atoms with Crippen molar-refractivity contribution in [2.24, 2.45) is 52.3 Å². The van der Waals surface area contributed by atoms with E-state index in [1.807, 2.05) is 13.8 Å². The van der Waals surface area contributed by atoms with E-state index in [9.17, 15) is 30.0 Å².